The van der Waals surface area contributed by atoms with Gasteiger partial charge in [-0.15, -0.1) is 0 Å². The Hall–Kier alpha value is -2.45. The molecule has 1 saturated heterocycles. The van der Waals surface area contributed by atoms with Crippen LogP contribution in [0.1, 0.15) is 18.4 Å². The van der Waals surface area contributed by atoms with E-state index in [1.165, 1.54) is 16.4 Å². The summed E-state index contributed by atoms with van der Waals surface area (Å²) in [6.07, 6.45) is 1.12. The Bertz CT molecular complexity index is 946. The smallest absolute Gasteiger partial charge is 0.310 e. The highest BCUT2D eigenvalue weighted by Gasteiger charge is 2.34. The van der Waals surface area contributed by atoms with E-state index >= 15 is 0 Å². The summed E-state index contributed by atoms with van der Waals surface area (Å²) < 4.78 is 50.7. The predicted octanol–water partition coefficient (Wildman–Crippen LogP) is 3.16. The molecule has 0 aromatic heterocycles. The second-order valence-corrected chi connectivity index (χ2v) is 8.93. The summed E-state index contributed by atoms with van der Waals surface area (Å²) in [5, 5.41) is 0. The van der Waals surface area contributed by atoms with Crippen molar-refractivity contribution in [1.82, 2.24) is 4.31 Å². The number of halogens is 1. The number of esters is 1. The largest absolute Gasteiger partial charge is 0.490 e. The normalized spacial score (nSPS) is 17.7. The molecule has 1 unspecified atom stereocenters. The third-order valence-electron chi connectivity index (χ3n) is 4.75. The van der Waals surface area contributed by atoms with Crippen LogP contribution in [0.2, 0.25) is 0 Å². The maximum atomic E-state index is 13.1. The second-order valence-electron chi connectivity index (χ2n) is 6.99. The minimum Gasteiger partial charge on any atom is -0.490 e. The van der Waals surface area contributed by atoms with Crippen molar-refractivity contribution in [3.05, 3.63) is 59.9 Å². The average molecular weight is 421 g/mol. The predicted molar refractivity (Wildman–Crippen MR) is 106 cm³/mol. The van der Waals surface area contributed by atoms with E-state index in [1.807, 2.05) is 31.2 Å². The molecule has 0 amide bonds. The molecule has 0 N–H and O–H groups in total. The number of hydrogen-bond donors (Lipinski definition) is 0. The van der Waals surface area contributed by atoms with Gasteiger partial charge < -0.3 is 9.47 Å². The lowest BCUT2D eigenvalue weighted by molar-refractivity contribution is -0.150. The number of carbonyl (C=O) groups is 1. The summed E-state index contributed by atoms with van der Waals surface area (Å²) >= 11 is 0. The van der Waals surface area contributed by atoms with Crippen molar-refractivity contribution in [2.75, 3.05) is 26.3 Å². The third-order valence-corrected chi connectivity index (χ3v) is 6.63. The summed E-state index contributed by atoms with van der Waals surface area (Å²) in [5.41, 5.74) is 1.07. The molecule has 0 bridgehead atoms. The van der Waals surface area contributed by atoms with Crippen LogP contribution >= 0.6 is 0 Å². The standard InChI is InChI=1S/C21H24FNO5S/c1-16-4-2-6-19(14-16)27-12-13-28-21(24)17-5-3-11-23(15-17)29(25,26)20-9-7-18(22)8-10-20/h2,4,6-10,14,17H,3,5,11-13,15H2,1H3. The Labute approximate surface area is 170 Å². The molecular weight excluding hydrogens is 397 g/mol. The summed E-state index contributed by atoms with van der Waals surface area (Å²) in [5.74, 6) is -0.762. The zero-order valence-electron chi connectivity index (χ0n) is 16.2. The summed E-state index contributed by atoms with van der Waals surface area (Å²) in [4.78, 5) is 12.4. The Morgan fingerprint density at radius 1 is 1.17 bits per heavy atom. The number of sulfonamides is 1. The maximum Gasteiger partial charge on any atom is 0.310 e. The molecule has 2 aromatic rings. The highest BCUT2D eigenvalue weighted by atomic mass is 32.2. The Kier molecular flexibility index (Phi) is 6.87. The van der Waals surface area contributed by atoms with Crippen LogP contribution in [0.15, 0.2) is 53.4 Å². The van der Waals surface area contributed by atoms with Crippen LogP contribution in [0.25, 0.3) is 0 Å². The molecule has 0 radical (unpaired) electrons. The Morgan fingerprint density at radius 3 is 2.66 bits per heavy atom. The summed E-state index contributed by atoms with van der Waals surface area (Å²) in [6.45, 7) is 2.65. The van der Waals surface area contributed by atoms with Crippen LogP contribution in [-0.4, -0.2) is 45.0 Å². The van der Waals surface area contributed by atoms with Crippen molar-refractivity contribution in [2.24, 2.45) is 5.92 Å². The number of hydrogen-bond acceptors (Lipinski definition) is 5. The van der Waals surface area contributed by atoms with E-state index in [0.717, 1.165) is 17.7 Å². The molecule has 1 atom stereocenters. The van der Waals surface area contributed by atoms with Crippen LogP contribution in [0.5, 0.6) is 5.75 Å². The Balaban J connectivity index is 1.51. The van der Waals surface area contributed by atoms with E-state index in [9.17, 15) is 17.6 Å². The van der Waals surface area contributed by atoms with Gasteiger partial charge in [-0.2, -0.15) is 4.31 Å². The molecule has 0 spiro atoms. The molecule has 1 heterocycles. The van der Waals surface area contributed by atoms with Gasteiger partial charge in [0.25, 0.3) is 0 Å². The molecule has 3 rings (SSSR count). The SMILES string of the molecule is Cc1cccc(OCCOC(=O)C2CCCN(S(=O)(=O)c3ccc(F)cc3)C2)c1. The van der Waals surface area contributed by atoms with E-state index in [4.69, 9.17) is 9.47 Å². The fraction of sp³-hybridized carbons (Fsp3) is 0.381. The van der Waals surface area contributed by atoms with E-state index < -0.39 is 27.7 Å². The first-order valence-electron chi connectivity index (χ1n) is 9.48. The van der Waals surface area contributed by atoms with Gasteiger partial charge in [0.15, 0.2) is 0 Å². The van der Waals surface area contributed by atoms with Gasteiger partial charge in [0.05, 0.1) is 10.8 Å². The van der Waals surface area contributed by atoms with Crippen molar-refractivity contribution >= 4 is 16.0 Å². The molecule has 6 nitrogen and oxygen atoms in total. The van der Waals surface area contributed by atoms with Gasteiger partial charge >= 0.3 is 5.97 Å². The number of carbonyl (C=O) groups excluding carboxylic acids is 1. The molecule has 29 heavy (non-hydrogen) atoms. The molecule has 2 aromatic carbocycles. The zero-order chi connectivity index (χ0) is 20.9. The monoisotopic (exact) mass is 421 g/mol. The Morgan fingerprint density at radius 2 is 1.93 bits per heavy atom. The zero-order valence-corrected chi connectivity index (χ0v) is 17.0. The fourth-order valence-electron chi connectivity index (χ4n) is 3.23. The van der Waals surface area contributed by atoms with Gasteiger partial charge in [0, 0.05) is 13.1 Å². The maximum absolute atomic E-state index is 13.1. The molecule has 0 aliphatic carbocycles. The fourth-order valence-corrected chi connectivity index (χ4v) is 4.76. The molecule has 1 aliphatic rings. The lowest BCUT2D eigenvalue weighted by Gasteiger charge is -2.30. The molecule has 1 fully saturated rings. The number of ether oxygens (including phenoxy) is 2. The average Bonchev–Trinajstić information content (AvgIpc) is 2.71. The van der Waals surface area contributed by atoms with Crippen LogP contribution < -0.4 is 4.74 Å². The van der Waals surface area contributed by atoms with Crippen molar-refractivity contribution in [1.29, 1.82) is 0 Å². The van der Waals surface area contributed by atoms with Crippen molar-refractivity contribution < 1.29 is 27.1 Å². The van der Waals surface area contributed by atoms with Crippen molar-refractivity contribution in [3.63, 3.8) is 0 Å². The van der Waals surface area contributed by atoms with Gasteiger partial charge in [0.2, 0.25) is 10.0 Å². The van der Waals surface area contributed by atoms with Gasteiger partial charge in [-0.05, 0) is 61.7 Å². The summed E-state index contributed by atoms with van der Waals surface area (Å²) in [6, 6.07) is 12.2. The lowest BCUT2D eigenvalue weighted by atomic mass is 10.0. The van der Waals surface area contributed by atoms with E-state index in [1.54, 1.807) is 0 Å². The van der Waals surface area contributed by atoms with E-state index in [0.29, 0.717) is 25.1 Å². The van der Waals surface area contributed by atoms with Crippen LogP contribution in [0.4, 0.5) is 4.39 Å². The quantitative estimate of drug-likeness (QED) is 0.507. The first-order chi connectivity index (χ1) is 13.9. The highest BCUT2D eigenvalue weighted by molar-refractivity contribution is 7.89. The molecule has 8 heteroatoms. The molecular formula is C21H24FNO5S. The summed E-state index contributed by atoms with van der Waals surface area (Å²) in [7, 11) is -3.78. The van der Waals surface area contributed by atoms with Crippen molar-refractivity contribution in [3.8, 4) is 5.75 Å². The second kappa shape index (κ2) is 9.37. The van der Waals surface area contributed by atoms with Crippen LogP contribution in [0.3, 0.4) is 0 Å². The molecule has 1 aliphatic heterocycles. The first-order valence-corrected chi connectivity index (χ1v) is 10.9. The minimum atomic E-state index is -3.78. The van der Waals surface area contributed by atoms with E-state index in [2.05, 4.69) is 0 Å². The van der Waals surface area contributed by atoms with Gasteiger partial charge in [-0.25, -0.2) is 12.8 Å². The third kappa shape index (κ3) is 5.55. The van der Waals surface area contributed by atoms with Crippen LogP contribution in [-0.2, 0) is 19.6 Å². The molecule has 0 saturated carbocycles. The van der Waals surface area contributed by atoms with Gasteiger partial charge in [-0.1, -0.05) is 12.1 Å². The first kappa shape index (κ1) is 21.3. The number of piperidine rings is 1. The number of nitrogens with zero attached hydrogens (tertiary/aromatic N) is 1. The molecule has 156 valence electrons. The van der Waals surface area contributed by atoms with Crippen molar-refractivity contribution in [2.45, 2.75) is 24.7 Å². The minimum absolute atomic E-state index is 0.0134. The number of aryl methyl sites for hydroxylation is 1. The van der Waals surface area contributed by atoms with Crippen LogP contribution in [0, 0.1) is 18.7 Å². The van der Waals surface area contributed by atoms with E-state index in [-0.39, 0.29) is 24.7 Å². The highest BCUT2D eigenvalue weighted by Crippen LogP contribution is 2.24. The van der Waals surface area contributed by atoms with Gasteiger partial charge in [-0.3, -0.25) is 4.79 Å². The lowest BCUT2D eigenvalue weighted by Crippen LogP contribution is -2.42. The van der Waals surface area contributed by atoms with Gasteiger partial charge in [0.1, 0.15) is 24.8 Å². The number of rotatable bonds is 7. The number of benzene rings is 2. The topological polar surface area (TPSA) is 72.9 Å².